The summed E-state index contributed by atoms with van der Waals surface area (Å²) in [7, 11) is 0. The summed E-state index contributed by atoms with van der Waals surface area (Å²) in [6.07, 6.45) is 0. The molecule has 1 atom stereocenters. The molecule has 0 amide bonds. The van der Waals surface area contributed by atoms with Crippen molar-refractivity contribution < 1.29 is 9.90 Å². The second-order valence-corrected chi connectivity index (χ2v) is 3.16. The monoisotopic (exact) mass is 207 g/mol. The molecule has 15 heavy (non-hydrogen) atoms. The number of hydrogen-bond donors (Lipinski definition) is 3. The molecule has 1 unspecified atom stereocenters. The normalized spacial score (nSPS) is 11.8. The van der Waals surface area contributed by atoms with Crippen molar-refractivity contribution in [3.05, 3.63) is 35.4 Å². The lowest BCUT2D eigenvalue weighted by molar-refractivity contribution is 0.0697. The standard InChI is InChI=1S/C10H13N3O2/c1-6(13-10(11)12)7-3-2-4-8(5-7)9(14)15/h2-6H,1H3,(H,14,15)(H4,11,12,13). The lowest BCUT2D eigenvalue weighted by Crippen LogP contribution is -2.23. The van der Waals surface area contributed by atoms with Crippen LogP contribution in [0.3, 0.4) is 0 Å². The van der Waals surface area contributed by atoms with Crippen molar-refractivity contribution in [1.82, 2.24) is 0 Å². The number of aliphatic imine (C=N–C) groups is 1. The van der Waals surface area contributed by atoms with E-state index in [-0.39, 0.29) is 17.6 Å². The van der Waals surface area contributed by atoms with E-state index in [1.165, 1.54) is 6.07 Å². The highest BCUT2D eigenvalue weighted by Crippen LogP contribution is 2.17. The summed E-state index contributed by atoms with van der Waals surface area (Å²) >= 11 is 0. The molecule has 0 fully saturated rings. The number of hydrogen-bond acceptors (Lipinski definition) is 2. The zero-order valence-electron chi connectivity index (χ0n) is 8.34. The SMILES string of the molecule is CC(N=C(N)N)c1cccc(C(=O)O)c1. The zero-order valence-corrected chi connectivity index (χ0v) is 8.34. The molecule has 5 nitrogen and oxygen atoms in total. The smallest absolute Gasteiger partial charge is 0.335 e. The minimum absolute atomic E-state index is 0.0109. The van der Waals surface area contributed by atoms with Crippen LogP contribution in [0.1, 0.15) is 28.9 Å². The van der Waals surface area contributed by atoms with Gasteiger partial charge in [0.1, 0.15) is 0 Å². The lowest BCUT2D eigenvalue weighted by Gasteiger charge is -2.07. The highest BCUT2D eigenvalue weighted by molar-refractivity contribution is 5.87. The van der Waals surface area contributed by atoms with Crippen molar-refractivity contribution in [2.45, 2.75) is 13.0 Å². The number of benzene rings is 1. The van der Waals surface area contributed by atoms with Crippen molar-refractivity contribution in [2.75, 3.05) is 0 Å². The molecular weight excluding hydrogens is 194 g/mol. The Kier molecular flexibility index (Phi) is 3.28. The van der Waals surface area contributed by atoms with Crippen molar-refractivity contribution in [2.24, 2.45) is 16.5 Å². The largest absolute Gasteiger partial charge is 0.478 e. The summed E-state index contributed by atoms with van der Waals surface area (Å²) in [6.45, 7) is 1.79. The first kappa shape index (κ1) is 11.0. The molecule has 0 aliphatic rings. The van der Waals surface area contributed by atoms with E-state index in [0.29, 0.717) is 0 Å². The van der Waals surface area contributed by atoms with Crippen LogP contribution >= 0.6 is 0 Å². The summed E-state index contributed by atoms with van der Waals surface area (Å²) < 4.78 is 0. The molecule has 0 saturated heterocycles. The molecule has 0 heterocycles. The third-order valence-electron chi connectivity index (χ3n) is 1.96. The first-order valence-electron chi connectivity index (χ1n) is 4.42. The topological polar surface area (TPSA) is 102 Å². The Bertz CT molecular complexity index is 397. The minimum atomic E-state index is -0.964. The molecule has 0 aromatic heterocycles. The van der Waals surface area contributed by atoms with E-state index in [1.54, 1.807) is 25.1 Å². The first-order valence-corrected chi connectivity index (χ1v) is 4.42. The number of nitrogens with two attached hydrogens (primary N) is 2. The molecule has 80 valence electrons. The average molecular weight is 207 g/mol. The Hall–Kier alpha value is -2.04. The lowest BCUT2D eigenvalue weighted by atomic mass is 10.1. The average Bonchev–Trinajstić information content (AvgIpc) is 2.17. The number of carbonyl (C=O) groups is 1. The van der Waals surface area contributed by atoms with Crippen LogP contribution < -0.4 is 11.5 Å². The summed E-state index contributed by atoms with van der Waals surface area (Å²) in [6, 6.07) is 6.28. The van der Waals surface area contributed by atoms with Gasteiger partial charge in [-0.3, -0.25) is 0 Å². The Morgan fingerprint density at radius 2 is 2.13 bits per heavy atom. The van der Waals surface area contributed by atoms with Gasteiger partial charge in [0.25, 0.3) is 0 Å². The van der Waals surface area contributed by atoms with Crippen LogP contribution in [0.5, 0.6) is 0 Å². The Balaban J connectivity index is 3.00. The molecule has 0 aliphatic heterocycles. The van der Waals surface area contributed by atoms with Crippen molar-refractivity contribution in [3.63, 3.8) is 0 Å². The molecule has 1 aromatic carbocycles. The fourth-order valence-electron chi connectivity index (χ4n) is 1.23. The van der Waals surface area contributed by atoms with Gasteiger partial charge in [-0.1, -0.05) is 12.1 Å². The molecular formula is C10H13N3O2. The quantitative estimate of drug-likeness (QED) is 0.502. The third-order valence-corrected chi connectivity index (χ3v) is 1.96. The van der Waals surface area contributed by atoms with Crippen molar-refractivity contribution >= 4 is 11.9 Å². The van der Waals surface area contributed by atoms with Crippen molar-refractivity contribution in [1.29, 1.82) is 0 Å². The maximum absolute atomic E-state index is 10.7. The van der Waals surface area contributed by atoms with E-state index in [1.807, 2.05) is 0 Å². The maximum Gasteiger partial charge on any atom is 0.335 e. The van der Waals surface area contributed by atoms with Crippen LogP contribution in [0.15, 0.2) is 29.3 Å². The van der Waals surface area contributed by atoms with Crippen molar-refractivity contribution in [3.8, 4) is 0 Å². The fourth-order valence-corrected chi connectivity index (χ4v) is 1.23. The molecule has 5 N–H and O–H groups in total. The summed E-state index contributed by atoms with van der Waals surface area (Å²) in [4.78, 5) is 14.6. The summed E-state index contributed by atoms with van der Waals surface area (Å²) in [5, 5.41) is 8.79. The predicted octanol–water partition coefficient (Wildman–Crippen LogP) is 0.719. The second kappa shape index (κ2) is 4.45. The van der Waals surface area contributed by atoms with E-state index in [9.17, 15) is 4.79 Å². The van der Waals surface area contributed by atoms with Gasteiger partial charge in [-0.25, -0.2) is 9.79 Å². The first-order chi connectivity index (χ1) is 7.00. The van der Waals surface area contributed by atoms with Gasteiger partial charge >= 0.3 is 5.97 Å². The van der Waals surface area contributed by atoms with Gasteiger partial charge in [0, 0.05) is 0 Å². The summed E-state index contributed by atoms with van der Waals surface area (Å²) in [5.74, 6) is -0.975. The van der Waals surface area contributed by atoms with Crippen LogP contribution in [-0.4, -0.2) is 17.0 Å². The Labute approximate surface area is 87.4 Å². The fraction of sp³-hybridized carbons (Fsp3) is 0.200. The van der Waals surface area contributed by atoms with Crippen LogP contribution in [0.2, 0.25) is 0 Å². The number of rotatable bonds is 3. The molecule has 0 saturated carbocycles. The van der Waals surface area contributed by atoms with Gasteiger partial charge in [-0.2, -0.15) is 0 Å². The zero-order chi connectivity index (χ0) is 11.4. The molecule has 0 spiro atoms. The van der Waals surface area contributed by atoms with Gasteiger partial charge in [0.2, 0.25) is 0 Å². The van der Waals surface area contributed by atoms with Gasteiger partial charge < -0.3 is 16.6 Å². The molecule has 5 heteroatoms. The number of carboxylic acid groups (broad SMARTS) is 1. The molecule has 0 aliphatic carbocycles. The van der Waals surface area contributed by atoms with Gasteiger partial charge in [0.15, 0.2) is 5.96 Å². The van der Waals surface area contributed by atoms with Gasteiger partial charge in [0.05, 0.1) is 11.6 Å². The van der Waals surface area contributed by atoms with Gasteiger partial charge in [-0.15, -0.1) is 0 Å². The summed E-state index contributed by atoms with van der Waals surface area (Å²) in [5.41, 5.74) is 11.5. The highest BCUT2D eigenvalue weighted by Gasteiger charge is 2.07. The van der Waals surface area contributed by atoms with E-state index >= 15 is 0 Å². The third kappa shape index (κ3) is 2.98. The van der Waals surface area contributed by atoms with E-state index in [0.717, 1.165) is 5.56 Å². The Morgan fingerprint density at radius 3 is 2.67 bits per heavy atom. The molecule has 1 rings (SSSR count). The van der Waals surface area contributed by atoms with E-state index in [2.05, 4.69) is 4.99 Å². The highest BCUT2D eigenvalue weighted by atomic mass is 16.4. The maximum atomic E-state index is 10.7. The molecule has 0 bridgehead atoms. The van der Waals surface area contributed by atoms with E-state index < -0.39 is 5.97 Å². The van der Waals surface area contributed by atoms with Crippen LogP contribution in [-0.2, 0) is 0 Å². The van der Waals surface area contributed by atoms with Crippen LogP contribution in [0.25, 0.3) is 0 Å². The Morgan fingerprint density at radius 1 is 1.47 bits per heavy atom. The second-order valence-electron chi connectivity index (χ2n) is 3.16. The minimum Gasteiger partial charge on any atom is -0.478 e. The number of guanidine groups is 1. The number of nitrogens with zero attached hydrogens (tertiary/aromatic N) is 1. The van der Waals surface area contributed by atoms with Gasteiger partial charge in [-0.05, 0) is 24.6 Å². The van der Waals surface area contributed by atoms with Crippen LogP contribution in [0.4, 0.5) is 0 Å². The number of carboxylic acids is 1. The predicted molar refractivity (Wildman–Crippen MR) is 57.6 cm³/mol. The molecule has 1 aromatic rings. The molecule has 0 radical (unpaired) electrons. The van der Waals surface area contributed by atoms with Crippen LogP contribution in [0, 0.1) is 0 Å². The number of aromatic carboxylic acids is 1. The van der Waals surface area contributed by atoms with E-state index in [4.69, 9.17) is 16.6 Å².